The third kappa shape index (κ3) is 2.66. The predicted molar refractivity (Wildman–Crippen MR) is 54.7 cm³/mol. The van der Waals surface area contributed by atoms with Crippen LogP contribution in [-0.4, -0.2) is 43.8 Å². The summed E-state index contributed by atoms with van der Waals surface area (Å²) in [5.74, 6) is 0.657. The van der Waals surface area contributed by atoms with Crippen LogP contribution in [0.4, 0.5) is 0 Å². The first-order valence-corrected chi connectivity index (χ1v) is 5.35. The van der Waals surface area contributed by atoms with Crippen molar-refractivity contribution in [3.8, 4) is 0 Å². The predicted octanol–water partition coefficient (Wildman–Crippen LogP) is 0.692. The molecule has 1 fully saturated rings. The summed E-state index contributed by atoms with van der Waals surface area (Å²) < 4.78 is 5.40. The van der Waals surface area contributed by atoms with Gasteiger partial charge < -0.3 is 10.5 Å². The van der Waals surface area contributed by atoms with E-state index in [1.807, 2.05) is 0 Å². The lowest BCUT2D eigenvalue weighted by Gasteiger charge is -2.32. The summed E-state index contributed by atoms with van der Waals surface area (Å²) in [6, 6.07) is 0.525. The van der Waals surface area contributed by atoms with E-state index >= 15 is 0 Å². The summed E-state index contributed by atoms with van der Waals surface area (Å²) in [6.07, 6.45) is 1.18. The van der Waals surface area contributed by atoms with Gasteiger partial charge in [0.15, 0.2) is 0 Å². The topological polar surface area (TPSA) is 38.5 Å². The Balaban J connectivity index is 2.48. The van der Waals surface area contributed by atoms with E-state index in [1.165, 1.54) is 6.42 Å². The molecule has 1 rings (SSSR count). The molecule has 0 aromatic rings. The molecule has 1 aliphatic rings. The number of nitrogens with zero attached hydrogens (tertiary/aromatic N) is 1. The number of nitrogens with two attached hydrogens (primary N) is 1. The van der Waals surface area contributed by atoms with Crippen molar-refractivity contribution in [3.63, 3.8) is 0 Å². The Bertz CT molecular complexity index is 129. The van der Waals surface area contributed by atoms with Crippen LogP contribution < -0.4 is 5.73 Å². The lowest BCUT2D eigenvalue weighted by Crippen LogP contribution is -2.45. The van der Waals surface area contributed by atoms with E-state index in [4.69, 9.17) is 10.5 Å². The zero-order valence-corrected chi connectivity index (χ0v) is 8.83. The molecule has 0 aromatic heterocycles. The van der Waals surface area contributed by atoms with Crippen LogP contribution in [0.2, 0.25) is 0 Å². The van der Waals surface area contributed by atoms with Crippen LogP contribution in [0.3, 0.4) is 0 Å². The molecule has 0 aliphatic carbocycles. The normalized spacial score (nSPS) is 25.4. The first kappa shape index (κ1) is 11.0. The molecule has 1 saturated heterocycles. The fraction of sp³-hybridized carbons (Fsp3) is 1.00. The van der Waals surface area contributed by atoms with Crippen molar-refractivity contribution in [3.05, 3.63) is 0 Å². The van der Waals surface area contributed by atoms with Crippen molar-refractivity contribution in [2.75, 3.05) is 32.8 Å². The lowest BCUT2D eigenvalue weighted by molar-refractivity contribution is 0.130. The Morgan fingerprint density at radius 3 is 2.54 bits per heavy atom. The first-order valence-electron chi connectivity index (χ1n) is 5.35. The molecular formula is C10H22N2O. The van der Waals surface area contributed by atoms with Crippen LogP contribution in [0.1, 0.15) is 20.3 Å². The van der Waals surface area contributed by atoms with Crippen molar-refractivity contribution in [1.82, 2.24) is 4.90 Å². The second-order valence-corrected chi connectivity index (χ2v) is 3.65. The highest BCUT2D eigenvalue weighted by atomic mass is 16.5. The average molecular weight is 186 g/mol. The van der Waals surface area contributed by atoms with E-state index in [1.54, 1.807) is 0 Å². The standard InChI is InChI=1S/C10H22N2O/c1-3-12(4-2)10(7-11)9-5-6-13-8-9/h9-10H,3-8,11H2,1-2H3. The summed E-state index contributed by atoms with van der Waals surface area (Å²) in [5, 5.41) is 0. The molecule has 1 heterocycles. The van der Waals surface area contributed by atoms with Crippen LogP contribution in [0, 0.1) is 5.92 Å². The van der Waals surface area contributed by atoms with E-state index in [9.17, 15) is 0 Å². The largest absolute Gasteiger partial charge is 0.381 e. The minimum atomic E-state index is 0.525. The van der Waals surface area contributed by atoms with Crippen LogP contribution in [0.15, 0.2) is 0 Å². The van der Waals surface area contributed by atoms with Gasteiger partial charge in [-0.3, -0.25) is 4.90 Å². The number of hydrogen-bond acceptors (Lipinski definition) is 3. The Hall–Kier alpha value is -0.120. The highest BCUT2D eigenvalue weighted by molar-refractivity contribution is 4.81. The quantitative estimate of drug-likeness (QED) is 0.686. The van der Waals surface area contributed by atoms with E-state index in [0.717, 1.165) is 32.8 Å². The number of ether oxygens (including phenoxy) is 1. The van der Waals surface area contributed by atoms with Gasteiger partial charge in [0.1, 0.15) is 0 Å². The molecule has 2 N–H and O–H groups in total. The maximum atomic E-state index is 5.81. The Morgan fingerprint density at radius 1 is 1.46 bits per heavy atom. The first-order chi connectivity index (χ1) is 6.33. The van der Waals surface area contributed by atoms with Crippen molar-refractivity contribution in [1.29, 1.82) is 0 Å². The number of hydrogen-bond donors (Lipinski definition) is 1. The Labute approximate surface area is 81.2 Å². The molecule has 0 spiro atoms. The van der Waals surface area contributed by atoms with Crippen molar-refractivity contribution >= 4 is 0 Å². The Kier molecular flexibility index (Phi) is 4.70. The van der Waals surface area contributed by atoms with E-state index in [0.29, 0.717) is 12.0 Å². The second-order valence-electron chi connectivity index (χ2n) is 3.65. The van der Waals surface area contributed by atoms with Gasteiger partial charge >= 0.3 is 0 Å². The van der Waals surface area contributed by atoms with Crippen molar-refractivity contribution in [2.45, 2.75) is 26.3 Å². The van der Waals surface area contributed by atoms with Gasteiger partial charge in [-0.1, -0.05) is 13.8 Å². The third-order valence-corrected chi connectivity index (χ3v) is 3.03. The van der Waals surface area contributed by atoms with Gasteiger partial charge in [0.2, 0.25) is 0 Å². The molecule has 3 nitrogen and oxygen atoms in total. The molecule has 0 amide bonds. The average Bonchev–Trinajstić information content (AvgIpc) is 2.66. The summed E-state index contributed by atoms with van der Waals surface area (Å²) in [5.41, 5.74) is 5.81. The van der Waals surface area contributed by atoms with Crippen molar-refractivity contribution < 1.29 is 4.74 Å². The van der Waals surface area contributed by atoms with E-state index in [2.05, 4.69) is 18.7 Å². The summed E-state index contributed by atoms with van der Waals surface area (Å²) in [7, 11) is 0. The molecule has 0 radical (unpaired) electrons. The number of rotatable bonds is 5. The van der Waals surface area contributed by atoms with Crippen LogP contribution in [0.25, 0.3) is 0 Å². The maximum absolute atomic E-state index is 5.81. The SMILES string of the molecule is CCN(CC)C(CN)C1CCOC1. The molecule has 78 valence electrons. The molecule has 0 saturated carbocycles. The summed E-state index contributed by atoms with van der Waals surface area (Å²) >= 11 is 0. The van der Waals surface area contributed by atoms with E-state index in [-0.39, 0.29) is 0 Å². The van der Waals surface area contributed by atoms with Gasteiger partial charge in [0, 0.05) is 25.1 Å². The highest BCUT2D eigenvalue weighted by Gasteiger charge is 2.27. The van der Waals surface area contributed by atoms with Gasteiger partial charge in [-0.05, 0) is 19.5 Å². The molecule has 0 aromatic carbocycles. The minimum Gasteiger partial charge on any atom is -0.381 e. The fourth-order valence-electron chi connectivity index (χ4n) is 2.19. The van der Waals surface area contributed by atoms with Crippen molar-refractivity contribution in [2.24, 2.45) is 11.7 Å². The van der Waals surface area contributed by atoms with Gasteiger partial charge in [-0.2, -0.15) is 0 Å². The lowest BCUT2D eigenvalue weighted by atomic mass is 9.97. The minimum absolute atomic E-state index is 0.525. The van der Waals surface area contributed by atoms with Gasteiger partial charge in [-0.25, -0.2) is 0 Å². The van der Waals surface area contributed by atoms with Crippen LogP contribution in [-0.2, 0) is 4.74 Å². The smallest absolute Gasteiger partial charge is 0.0510 e. The zero-order valence-electron chi connectivity index (χ0n) is 8.83. The van der Waals surface area contributed by atoms with E-state index < -0.39 is 0 Å². The van der Waals surface area contributed by atoms with Gasteiger partial charge in [0.25, 0.3) is 0 Å². The molecule has 2 unspecified atom stereocenters. The Morgan fingerprint density at radius 2 is 2.15 bits per heavy atom. The second kappa shape index (κ2) is 5.58. The zero-order chi connectivity index (χ0) is 9.68. The fourth-order valence-corrected chi connectivity index (χ4v) is 2.19. The van der Waals surface area contributed by atoms with Gasteiger partial charge in [0.05, 0.1) is 6.61 Å². The molecular weight excluding hydrogens is 164 g/mol. The molecule has 13 heavy (non-hydrogen) atoms. The maximum Gasteiger partial charge on any atom is 0.0510 e. The molecule has 2 atom stereocenters. The molecule has 0 bridgehead atoms. The highest BCUT2D eigenvalue weighted by Crippen LogP contribution is 2.20. The summed E-state index contributed by atoms with van der Waals surface area (Å²) in [6.45, 7) is 9.16. The number of likely N-dealkylation sites (N-methyl/N-ethyl adjacent to an activating group) is 1. The molecule has 1 aliphatic heterocycles. The van der Waals surface area contributed by atoms with Crippen LogP contribution >= 0.6 is 0 Å². The van der Waals surface area contributed by atoms with Crippen LogP contribution in [0.5, 0.6) is 0 Å². The molecule has 3 heteroatoms. The monoisotopic (exact) mass is 186 g/mol. The summed E-state index contributed by atoms with van der Waals surface area (Å²) in [4.78, 5) is 2.44. The third-order valence-electron chi connectivity index (χ3n) is 3.03. The van der Waals surface area contributed by atoms with Gasteiger partial charge in [-0.15, -0.1) is 0 Å².